The van der Waals surface area contributed by atoms with Crippen LogP contribution in [0.3, 0.4) is 0 Å². The van der Waals surface area contributed by atoms with Crippen LogP contribution in [-0.2, 0) is 6.54 Å². The Labute approximate surface area is 97.0 Å². The molecule has 5 heteroatoms. The molecule has 0 amide bonds. The van der Waals surface area contributed by atoms with Crippen LogP contribution < -0.4 is 10.6 Å². The fourth-order valence-corrected chi connectivity index (χ4v) is 1.25. The molecule has 0 radical (unpaired) electrons. The van der Waals surface area contributed by atoms with Crippen molar-refractivity contribution in [3.8, 4) is 0 Å². The van der Waals surface area contributed by atoms with Crippen LogP contribution in [-0.4, -0.2) is 35.1 Å². The molecule has 1 rings (SSSR count). The number of nitrogens with one attached hydrogen (secondary N) is 2. The Morgan fingerprint density at radius 1 is 1.56 bits per heavy atom. The number of aromatic nitrogens is 2. The number of aliphatic imine (C=N–C) groups is 1. The van der Waals surface area contributed by atoms with Gasteiger partial charge >= 0.3 is 0 Å². The van der Waals surface area contributed by atoms with Gasteiger partial charge in [0, 0.05) is 38.6 Å². The predicted molar refractivity (Wildman–Crippen MR) is 66.5 cm³/mol. The fraction of sp³-hybridized carbons (Fsp3) is 0.636. The predicted octanol–water partition coefficient (Wildman–Crippen LogP) is 0.847. The molecule has 16 heavy (non-hydrogen) atoms. The zero-order valence-corrected chi connectivity index (χ0v) is 10.3. The van der Waals surface area contributed by atoms with E-state index in [0.717, 1.165) is 25.5 Å². The van der Waals surface area contributed by atoms with E-state index in [9.17, 15) is 0 Å². The SMILES string of the molecule is CCC(C)NC(=NC)NCCn1ccnc1. The number of guanidine groups is 1. The quantitative estimate of drug-likeness (QED) is 0.574. The van der Waals surface area contributed by atoms with Crippen LogP contribution in [0.5, 0.6) is 0 Å². The Morgan fingerprint density at radius 3 is 2.94 bits per heavy atom. The molecule has 5 nitrogen and oxygen atoms in total. The summed E-state index contributed by atoms with van der Waals surface area (Å²) in [7, 11) is 1.79. The maximum Gasteiger partial charge on any atom is 0.191 e. The van der Waals surface area contributed by atoms with Crippen molar-refractivity contribution in [2.24, 2.45) is 4.99 Å². The summed E-state index contributed by atoms with van der Waals surface area (Å²) in [4.78, 5) is 8.16. The molecule has 1 unspecified atom stereocenters. The minimum Gasteiger partial charge on any atom is -0.355 e. The van der Waals surface area contributed by atoms with E-state index in [0.29, 0.717) is 6.04 Å². The molecule has 0 aliphatic rings. The van der Waals surface area contributed by atoms with Gasteiger partial charge in [-0.05, 0) is 13.3 Å². The maximum absolute atomic E-state index is 4.16. The third kappa shape index (κ3) is 4.33. The monoisotopic (exact) mass is 223 g/mol. The molecule has 0 saturated carbocycles. The average Bonchev–Trinajstić information content (AvgIpc) is 2.80. The normalized spacial score (nSPS) is 13.6. The van der Waals surface area contributed by atoms with E-state index in [4.69, 9.17) is 0 Å². The third-order valence-electron chi connectivity index (χ3n) is 2.44. The zero-order chi connectivity index (χ0) is 11.8. The first kappa shape index (κ1) is 12.5. The molecule has 0 aliphatic heterocycles. The average molecular weight is 223 g/mol. The number of hydrogen-bond donors (Lipinski definition) is 2. The number of nitrogens with zero attached hydrogens (tertiary/aromatic N) is 3. The highest BCUT2D eigenvalue weighted by Gasteiger charge is 2.01. The van der Waals surface area contributed by atoms with E-state index in [2.05, 4.69) is 34.5 Å². The van der Waals surface area contributed by atoms with Gasteiger partial charge in [0.1, 0.15) is 0 Å². The lowest BCUT2D eigenvalue weighted by molar-refractivity contribution is 0.609. The van der Waals surface area contributed by atoms with E-state index < -0.39 is 0 Å². The van der Waals surface area contributed by atoms with E-state index in [1.165, 1.54) is 0 Å². The fourth-order valence-electron chi connectivity index (χ4n) is 1.25. The van der Waals surface area contributed by atoms with Gasteiger partial charge < -0.3 is 15.2 Å². The Hall–Kier alpha value is -1.52. The summed E-state index contributed by atoms with van der Waals surface area (Å²) in [5, 5.41) is 6.57. The standard InChI is InChI=1S/C11H21N5/c1-4-10(2)15-11(12-3)14-6-8-16-7-5-13-9-16/h5,7,9-10H,4,6,8H2,1-3H3,(H2,12,14,15). The summed E-state index contributed by atoms with van der Waals surface area (Å²) in [6.45, 7) is 6.02. The molecule has 2 N–H and O–H groups in total. The summed E-state index contributed by atoms with van der Waals surface area (Å²) in [6.07, 6.45) is 6.63. The Kier molecular flexibility index (Phi) is 5.39. The van der Waals surface area contributed by atoms with Crippen LogP contribution in [0, 0.1) is 0 Å². The van der Waals surface area contributed by atoms with E-state index >= 15 is 0 Å². The second-order valence-corrected chi connectivity index (χ2v) is 3.75. The van der Waals surface area contributed by atoms with Gasteiger partial charge in [0.15, 0.2) is 5.96 Å². The summed E-state index contributed by atoms with van der Waals surface area (Å²) in [6, 6.07) is 0.444. The Bertz CT molecular complexity index is 304. The largest absolute Gasteiger partial charge is 0.355 e. The van der Waals surface area contributed by atoms with Gasteiger partial charge in [-0.25, -0.2) is 4.98 Å². The van der Waals surface area contributed by atoms with Crippen molar-refractivity contribution in [1.82, 2.24) is 20.2 Å². The molecule has 0 bridgehead atoms. The highest BCUT2D eigenvalue weighted by atomic mass is 15.2. The van der Waals surface area contributed by atoms with Gasteiger partial charge in [0.05, 0.1) is 6.33 Å². The van der Waals surface area contributed by atoms with Crippen LogP contribution in [0.1, 0.15) is 20.3 Å². The van der Waals surface area contributed by atoms with Gasteiger partial charge in [-0.2, -0.15) is 0 Å². The second kappa shape index (κ2) is 6.87. The second-order valence-electron chi connectivity index (χ2n) is 3.75. The van der Waals surface area contributed by atoms with Crippen molar-refractivity contribution in [2.45, 2.75) is 32.9 Å². The summed E-state index contributed by atoms with van der Waals surface area (Å²) in [5.74, 6) is 0.856. The van der Waals surface area contributed by atoms with Crippen molar-refractivity contribution in [3.05, 3.63) is 18.7 Å². The van der Waals surface area contributed by atoms with Gasteiger partial charge in [0.2, 0.25) is 0 Å². The first-order chi connectivity index (χ1) is 7.76. The van der Waals surface area contributed by atoms with Gasteiger partial charge in [-0.1, -0.05) is 6.92 Å². The smallest absolute Gasteiger partial charge is 0.191 e. The van der Waals surface area contributed by atoms with Crippen LogP contribution in [0.4, 0.5) is 0 Å². The molecule has 1 atom stereocenters. The number of rotatable bonds is 5. The van der Waals surface area contributed by atoms with Crippen molar-refractivity contribution in [3.63, 3.8) is 0 Å². The summed E-state index contributed by atoms with van der Waals surface area (Å²) < 4.78 is 2.03. The third-order valence-corrected chi connectivity index (χ3v) is 2.44. The molecule has 0 saturated heterocycles. The van der Waals surface area contributed by atoms with Gasteiger partial charge in [0.25, 0.3) is 0 Å². The minimum absolute atomic E-state index is 0.444. The summed E-state index contributed by atoms with van der Waals surface area (Å²) >= 11 is 0. The van der Waals surface area contributed by atoms with E-state index in [1.54, 1.807) is 13.2 Å². The first-order valence-corrected chi connectivity index (χ1v) is 5.69. The van der Waals surface area contributed by atoms with E-state index in [1.807, 2.05) is 17.1 Å². The molecule has 1 aromatic rings. The molecule has 90 valence electrons. The van der Waals surface area contributed by atoms with Crippen molar-refractivity contribution >= 4 is 5.96 Å². The van der Waals surface area contributed by atoms with Crippen LogP contribution >= 0.6 is 0 Å². The van der Waals surface area contributed by atoms with Crippen molar-refractivity contribution in [1.29, 1.82) is 0 Å². The van der Waals surface area contributed by atoms with Crippen LogP contribution in [0.2, 0.25) is 0 Å². The maximum atomic E-state index is 4.16. The lowest BCUT2D eigenvalue weighted by atomic mass is 10.3. The topological polar surface area (TPSA) is 54.2 Å². The Morgan fingerprint density at radius 2 is 2.38 bits per heavy atom. The molecule has 0 spiro atoms. The van der Waals surface area contributed by atoms with Crippen LogP contribution in [0.25, 0.3) is 0 Å². The number of imidazole rings is 1. The molecule has 0 aromatic carbocycles. The molecular weight excluding hydrogens is 202 g/mol. The first-order valence-electron chi connectivity index (χ1n) is 5.69. The lowest BCUT2D eigenvalue weighted by Gasteiger charge is -2.16. The molecule has 0 aliphatic carbocycles. The van der Waals surface area contributed by atoms with Gasteiger partial charge in [-0.15, -0.1) is 0 Å². The van der Waals surface area contributed by atoms with Gasteiger partial charge in [-0.3, -0.25) is 4.99 Å². The lowest BCUT2D eigenvalue weighted by Crippen LogP contribution is -2.42. The number of hydrogen-bond acceptors (Lipinski definition) is 2. The van der Waals surface area contributed by atoms with Crippen molar-refractivity contribution in [2.75, 3.05) is 13.6 Å². The minimum atomic E-state index is 0.444. The Balaban J connectivity index is 2.24. The van der Waals surface area contributed by atoms with Crippen LogP contribution in [0.15, 0.2) is 23.7 Å². The zero-order valence-electron chi connectivity index (χ0n) is 10.3. The molecular formula is C11H21N5. The van der Waals surface area contributed by atoms with E-state index in [-0.39, 0.29) is 0 Å². The van der Waals surface area contributed by atoms with Crippen molar-refractivity contribution < 1.29 is 0 Å². The highest BCUT2D eigenvalue weighted by Crippen LogP contribution is 1.87. The molecule has 0 fully saturated rings. The molecule has 1 aromatic heterocycles. The molecule has 1 heterocycles. The summed E-state index contributed by atoms with van der Waals surface area (Å²) in [5.41, 5.74) is 0. The highest BCUT2D eigenvalue weighted by molar-refractivity contribution is 5.79.